The van der Waals surface area contributed by atoms with Crippen LogP contribution in [0, 0.1) is 17.6 Å². The Kier molecular flexibility index (Phi) is 5.33. The van der Waals surface area contributed by atoms with Gasteiger partial charge in [-0.15, -0.1) is 0 Å². The lowest BCUT2D eigenvalue weighted by atomic mass is 9.86. The fourth-order valence-electron chi connectivity index (χ4n) is 3.20. The molecule has 1 atom stereocenters. The number of hydrogen-bond donors (Lipinski definition) is 1. The molecule has 1 amide bonds. The van der Waals surface area contributed by atoms with E-state index in [1.54, 1.807) is 11.0 Å². The van der Waals surface area contributed by atoms with Gasteiger partial charge in [-0.25, -0.2) is 18.7 Å². The lowest BCUT2D eigenvalue weighted by Crippen LogP contribution is -2.44. The van der Waals surface area contributed by atoms with E-state index in [1.807, 2.05) is 0 Å². The molecule has 1 aromatic heterocycles. The van der Waals surface area contributed by atoms with Crippen LogP contribution in [-0.4, -0.2) is 39.9 Å². The van der Waals surface area contributed by atoms with Crippen LogP contribution >= 0.6 is 0 Å². The summed E-state index contributed by atoms with van der Waals surface area (Å²) in [4.78, 5) is 22.0. The van der Waals surface area contributed by atoms with Gasteiger partial charge in [0.25, 0.3) is 5.91 Å². The van der Waals surface area contributed by atoms with Crippen molar-refractivity contribution in [2.45, 2.75) is 25.3 Å². The van der Waals surface area contributed by atoms with Crippen molar-refractivity contribution in [2.75, 3.05) is 13.1 Å². The number of aromatic nitrogens is 2. The maximum Gasteiger partial charge on any atom is 0.291 e. The van der Waals surface area contributed by atoms with Gasteiger partial charge < -0.3 is 10.6 Å². The fourth-order valence-corrected chi connectivity index (χ4v) is 3.20. The molecule has 0 spiro atoms. The van der Waals surface area contributed by atoms with Crippen molar-refractivity contribution in [2.24, 2.45) is 11.7 Å². The molecule has 1 saturated heterocycles. The summed E-state index contributed by atoms with van der Waals surface area (Å²) < 4.78 is 27.0. The molecule has 2 aromatic rings. The molecule has 0 saturated carbocycles. The quantitative estimate of drug-likeness (QED) is 0.921. The highest BCUT2D eigenvalue weighted by molar-refractivity contribution is 5.90. The van der Waals surface area contributed by atoms with E-state index in [2.05, 4.69) is 9.97 Å². The molecule has 25 heavy (non-hydrogen) atoms. The smallest absolute Gasteiger partial charge is 0.291 e. The van der Waals surface area contributed by atoms with Crippen LogP contribution in [0.1, 0.15) is 29.0 Å². The van der Waals surface area contributed by atoms with E-state index >= 15 is 0 Å². The van der Waals surface area contributed by atoms with Crippen LogP contribution < -0.4 is 5.73 Å². The van der Waals surface area contributed by atoms with Crippen LogP contribution in [0.25, 0.3) is 0 Å². The van der Waals surface area contributed by atoms with Gasteiger partial charge in [0.2, 0.25) is 5.82 Å². The van der Waals surface area contributed by atoms with E-state index < -0.39 is 11.6 Å². The first kappa shape index (κ1) is 17.4. The monoisotopic (exact) mass is 346 g/mol. The zero-order chi connectivity index (χ0) is 17.8. The van der Waals surface area contributed by atoms with E-state index in [9.17, 15) is 13.6 Å². The molecule has 2 N–H and O–H groups in total. The summed E-state index contributed by atoms with van der Waals surface area (Å²) in [6.07, 6.45) is 4.80. The third-order valence-corrected chi connectivity index (χ3v) is 4.65. The number of carbonyl (C=O) groups is 1. The Bertz CT molecular complexity index is 733. The summed E-state index contributed by atoms with van der Waals surface area (Å²) in [5.74, 6) is -0.753. The van der Waals surface area contributed by atoms with E-state index in [0.717, 1.165) is 25.0 Å². The van der Waals surface area contributed by atoms with Gasteiger partial charge in [-0.3, -0.25) is 4.79 Å². The van der Waals surface area contributed by atoms with Crippen LogP contribution in [0.3, 0.4) is 0 Å². The third kappa shape index (κ3) is 4.17. The highest BCUT2D eigenvalue weighted by atomic mass is 19.1. The first-order valence-electron chi connectivity index (χ1n) is 8.30. The Morgan fingerprint density at radius 1 is 1.24 bits per heavy atom. The second kappa shape index (κ2) is 7.65. The number of nitrogens with zero attached hydrogens (tertiary/aromatic N) is 3. The van der Waals surface area contributed by atoms with Gasteiger partial charge in [-0.1, -0.05) is 0 Å². The molecule has 1 fully saturated rings. The van der Waals surface area contributed by atoms with E-state index in [1.165, 1.54) is 18.5 Å². The summed E-state index contributed by atoms with van der Waals surface area (Å²) >= 11 is 0. The Morgan fingerprint density at radius 3 is 2.60 bits per heavy atom. The lowest BCUT2D eigenvalue weighted by molar-refractivity contribution is 0.0665. The molecule has 0 bridgehead atoms. The first-order valence-corrected chi connectivity index (χ1v) is 8.30. The minimum atomic E-state index is -0.466. The van der Waals surface area contributed by atoms with Gasteiger partial charge in [0.05, 0.1) is 0 Å². The van der Waals surface area contributed by atoms with Gasteiger partial charge in [-0.2, -0.15) is 0 Å². The van der Waals surface area contributed by atoms with Crippen molar-refractivity contribution in [1.82, 2.24) is 14.9 Å². The predicted molar refractivity (Wildman–Crippen MR) is 88.7 cm³/mol. The number of halogens is 2. The molecule has 132 valence electrons. The molecule has 1 aliphatic rings. The Balaban J connectivity index is 1.56. The predicted octanol–water partition coefficient (Wildman–Crippen LogP) is 2.18. The first-order chi connectivity index (χ1) is 12.0. The maximum absolute atomic E-state index is 13.8. The van der Waals surface area contributed by atoms with Crippen molar-refractivity contribution >= 4 is 5.91 Å². The molecule has 0 aliphatic carbocycles. The molecular formula is C18H20F2N4O. The van der Waals surface area contributed by atoms with Crippen LogP contribution in [0.5, 0.6) is 0 Å². The van der Waals surface area contributed by atoms with Crippen molar-refractivity contribution in [1.29, 1.82) is 0 Å². The van der Waals surface area contributed by atoms with Crippen molar-refractivity contribution in [3.05, 3.63) is 59.7 Å². The standard InChI is InChI=1S/C18H20F2N4O/c19-14-2-3-15(20)13(10-14)11-16(21)12-4-8-24(9-5-12)18(25)17-22-6-1-7-23-17/h1-3,6-7,10,12,16H,4-5,8-9,11,21H2/t16-/m0/s1. The normalized spacial score (nSPS) is 16.7. The molecule has 7 heteroatoms. The highest BCUT2D eigenvalue weighted by Gasteiger charge is 2.28. The average molecular weight is 346 g/mol. The van der Waals surface area contributed by atoms with Crippen molar-refractivity contribution < 1.29 is 13.6 Å². The van der Waals surface area contributed by atoms with E-state index in [0.29, 0.717) is 18.7 Å². The van der Waals surface area contributed by atoms with Crippen LogP contribution in [0.2, 0.25) is 0 Å². The minimum absolute atomic E-state index is 0.156. The number of piperidine rings is 1. The SMILES string of the molecule is N[C@@H](Cc1cc(F)ccc1F)C1CCN(C(=O)c2ncccn2)CC1. The average Bonchev–Trinajstić information content (AvgIpc) is 2.65. The summed E-state index contributed by atoms with van der Waals surface area (Å²) in [5, 5.41) is 0. The zero-order valence-electron chi connectivity index (χ0n) is 13.7. The zero-order valence-corrected chi connectivity index (χ0v) is 13.7. The largest absolute Gasteiger partial charge is 0.336 e. The van der Waals surface area contributed by atoms with E-state index in [-0.39, 0.29) is 30.1 Å². The van der Waals surface area contributed by atoms with E-state index in [4.69, 9.17) is 5.73 Å². The maximum atomic E-state index is 13.8. The summed E-state index contributed by atoms with van der Waals surface area (Å²) in [6, 6.07) is 4.80. The minimum Gasteiger partial charge on any atom is -0.336 e. The Morgan fingerprint density at radius 2 is 1.92 bits per heavy atom. The molecule has 0 unspecified atom stereocenters. The molecule has 1 aliphatic heterocycles. The molecule has 3 rings (SSSR count). The van der Waals surface area contributed by atoms with Crippen LogP contribution in [0.4, 0.5) is 8.78 Å². The highest BCUT2D eigenvalue weighted by Crippen LogP contribution is 2.23. The van der Waals surface area contributed by atoms with Crippen LogP contribution in [0.15, 0.2) is 36.7 Å². The topological polar surface area (TPSA) is 72.1 Å². The lowest BCUT2D eigenvalue weighted by Gasteiger charge is -2.34. The fraction of sp³-hybridized carbons (Fsp3) is 0.389. The Hall–Kier alpha value is -2.41. The summed E-state index contributed by atoms with van der Waals surface area (Å²) in [6.45, 7) is 1.11. The number of carbonyl (C=O) groups excluding carboxylic acids is 1. The second-order valence-electron chi connectivity index (χ2n) is 6.31. The molecular weight excluding hydrogens is 326 g/mol. The molecule has 5 nitrogen and oxygen atoms in total. The second-order valence-corrected chi connectivity index (χ2v) is 6.31. The number of nitrogens with two attached hydrogens (primary N) is 1. The van der Waals surface area contributed by atoms with Crippen molar-refractivity contribution in [3.8, 4) is 0 Å². The van der Waals surface area contributed by atoms with Crippen LogP contribution in [-0.2, 0) is 6.42 Å². The summed E-state index contributed by atoms with van der Waals surface area (Å²) in [7, 11) is 0. The number of benzene rings is 1. The van der Waals surface area contributed by atoms with Crippen molar-refractivity contribution in [3.63, 3.8) is 0 Å². The Labute approximate surface area is 144 Å². The molecule has 1 aromatic carbocycles. The van der Waals surface area contributed by atoms with Gasteiger partial charge in [0.1, 0.15) is 11.6 Å². The number of rotatable bonds is 4. The van der Waals surface area contributed by atoms with Gasteiger partial charge in [0, 0.05) is 31.5 Å². The number of likely N-dealkylation sites (tertiary alicyclic amines) is 1. The molecule has 2 heterocycles. The number of amides is 1. The summed E-state index contributed by atoms with van der Waals surface area (Å²) in [5.41, 5.74) is 6.51. The molecule has 0 radical (unpaired) electrons. The van der Waals surface area contributed by atoms with Gasteiger partial charge in [0.15, 0.2) is 0 Å². The number of hydrogen-bond acceptors (Lipinski definition) is 4. The van der Waals surface area contributed by atoms with Gasteiger partial charge >= 0.3 is 0 Å². The van der Waals surface area contributed by atoms with Gasteiger partial charge in [-0.05, 0) is 55.0 Å². The third-order valence-electron chi connectivity index (χ3n) is 4.65.